The Hall–Kier alpha value is -3.49. The van der Waals surface area contributed by atoms with Crippen molar-refractivity contribution >= 4 is 23.2 Å². The van der Waals surface area contributed by atoms with Gasteiger partial charge in [0, 0.05) is 42.5 Å². The highest BCUT2D eigenvalue weighted by Gasteiger charge is 2.14. The number of carbonyl (C=O) groups is 2. The molecule has 0 atom stereocenters. The molecule has 2 aromatic rings. The van der Waals surface area contributed by atoms with Crippen LogP contribution in [0.25, 0.3) is 0 Å². The molecule has 9 nitrogen and oxygen atoms in total. The number of ketones is 1. The van der Waals surface area contributed by atoms with E-state index in [0.717, 1.165) is 5.69 Å². The lowest BCUT2D eigenvalue weighted by Crippen LogP contribution is -2.33. The smallest absolute Gasteiger partial charge is 0.319 e. The van der Waals surface area contributed by atoms with Gasteiger partial charge in [0.15, 0.2) is 5.78 Å². The predicted molar refractivity (Wildman–Crippen MR) is 111 cm³/mol. The maximum Gasteiger partial charge on any atom is 0.319 e. The number of amides is 2. The van der Waals surface area contributed by atoms with E-state index in [9.17, 15) is 9.59 Å². The second kappa shape index (κ2) is 10.2. The minimum absolute atomic E-state index is 0.140. The summed E-state index contributed by atoms with van der Waals surface area (Å²) in [6.07, 6.45) is 0. The van der Waals surface area contributed by atoms with Gasteiger partial charge in [0.2, 0.25) is 5.88 Å². The molecule has 3 N–H and O–H groups in total. The lowest BCUT2D eigenvalue weighted by Gasteiger charge is -2.14. The van der Waals surface area contributed by atoms with E-state index in [2.05, 4.69) is 20.9 Å². The SMILES string of the molecule is COc1cc(NCCNC(=O)Nc2cc(C(C)=O)c(C)nc2OC)cc(OC)c1. The highest BCUT2D eigenvalue weighted by atomic mass is 16.5. The second-order valence-corrected chi connectivity index (χ2v) is 6.14. The fourth-order valence-corrected chi connectivity index (χ4v) is 2.64. The first-order valence-corrected chi connectivity index (χ1v) is 8.96. The van der Waals surface area contributed by atoms with E-state index in [1.165, 1.54) is 14.0 Å². The van der Waals surface area contributed by atoms with Crippen LogP contribution in [0.5, 0.6) is 17.4 Å². The molecule has 0 aliphatic rings. The van der Waals surface area contributed by atoms with Crippen LogP contribution in [-0.2, 0) is 0 Å². The Kier molecular flexibility index (Phi) is 7.64. The number of nitrogens with zero attached hydrogens (tertiary/aromatic N) is 1. The normalized spacial score (nSPS) is 10.1. The van der Waals surface area contributed by atoms with Gasteiger partial charge >= 0.3 is 6.03 Å². The van der Waals surface area contributed by atoms with Gasteiger partial charge in [-0.3, -0.25) is 4.79 Å². The van der Waals surface area contributed by atoms with Crippen LogP contribution in [0.3, 0.4) is 0 Å². The average Bonchev–Trinajstić information content (AvgIpc) is 2.71. The molecular weight excluding hydrogens is 376 g/mol. The van der Waals surface area contributed by atoms with Crippen LogP contribution in [0.4, 0.5) is 16.2 Å². The van der Waals surface area contributed by atoms with E-state index >= 15 is 0 Å². The summed E-state index contributed by atoms with van der Waals surface area (Å²) in [6, 6.07) is 6.55. The molecule has 29 heavy (non-hydrogen) atoms. The summed E-state index contributed by atoms with van der Waals surface area (Å²) in [5.41, 5.74) is 2.10. The van der Waals surface area contributed by atoms with Gasteiger partial charge < -0.3 is 30.2 Å². The van der Waals surface area contributed by atoms with Gasteiger partial charge in [0.05, 0.1) is 27.0 Å². The second-order valence-electron chi connectivity index (χ2n) is 6.14. The molecular formula is C20H26N4O5. The van der Waals surface area contributed by atoms with E-state index in [4.69, 9.17) is 14.2 Å². The molecule has 1 aromatic carbocycles. The Balaban J connectivity index is 1.92. The minimum Gasteiger partial charge on any atom is -0.497 e. The van der Waals surface area contributed by atoms with Crippen molar-refractivity contribution in [2.75, 3.05) is 45.1 Å². The molecule has 2 rings (SSSR count). The molecule has 0 saturated heterocycles. The van der Waals surface area contributed by atoms with E-state index in [0.29, 0.717) is 41.5 Å². The van der Waals surface area contributed by atoms with Gasteiger partial charge in [-0.1, -0.05) is 0 Å². The first-order valence-electron chi connectivity index (χ1n) is 8.96. The summed E-state index contributed by atoms with van der Waals surface area (Å²) >= 11 is 0. The monoisotopic (exact) mass is 402 g/mol. The van der Waals surface area contributed by atoms with Crippen LogP contribution in [0.15, 0.2) is 24.3 Å². The van der Waals surface area contributed by atoms with Crippen molar-refractivity contribution in [2.45, 2.75) is 13.8 Å². The zero-order chi connectivity index (χ0) is 21.4. The van der Waals surface area contributed by atoms with Crippen molar-refractivity contribution in [2.24, 2.45) is 0 Å². The van der Waals surface area contributed by atoms with Crippen molar-refractivity contribution in [3.05, 3.63) is 35.5 Å². The Bertz CT molecular complexity index is 863. The Morgan fingerprint density at radius 2 is 1.62 bits per heavy atom. The minimum atomic E-state index is -0.437. The van der Waals surface area contributed by atoms with Gasteiger partial charge in [-0.15, -0.1) is 0 Å². The van der Waals surface area contributed by atoms with Crippen LogP contribution in [0.2, 0.25) is 0 Å². The molecule has 0 unspecified atom stereocenters. The van der Waals surface area contributed by atoms with Gasteiger partial charge in [0.1, 0.15) is 17.2 Å². The summed E-state index contributed by atoms with van der Waals surface area (Å²) in [5, 5.41) is 8.57. The third-order valence-electron chi connectivity index (χ3n) is 4.09. The summed E-state index contributed by atoms with van der Waals surface area (Å²) in [5.74, 6) is 1.43. The van der Waals surface area contributed by atoms with Gasteiger partial charge in [-0.2, -0.15) is 0 Å². The molecule has 0 aliphatic heterocycles. The summed E-state index contributed by atoms with van der Waals surface area (Å²) in [4.78, 5) is 28.1. The lowest BCUT2D eigenvalue weighted by molar-refractivity contribution is 0.101. The molecule has 0 saturated carbocycles. The highest BCUT2D eigenvalue weighted by molar-refractivity contribution is 5.98. The van der Waals surface area contributed by atoms with Crippen LogP contribution in [-0.4, -0.2) is 51.2 Å². The third kappa shape index (κ3) is 6.00. The maximum absolute atomic E-state index is 12.2. The summed E-state index contributed by atoms with van der Waals surface area (Å²) in [7, 11) is 4.61. The van der Waals surface area contributed by atoms with E-state index in [-0.39, 0.29) is 11.7 Å². The number of rotatable bonds is 9. The number of urea groups is 1. The van der Waals surface area contributed by atoms with Crippen LogP contribution in [0, 0.1) is 6.92 Å². The number of hydrogen-bond acceptors (Lipinski definition) is 7. The number of carbonyl (C=O) groups excluding carboxylic acids is 2. The molecule has 1 aromatic heterocycles. The fourth-order valence-electron chi connectivity index (χ4n) is 2.64. The fraction of sp³-hybridized carbons (Fsp3) is 0.350. The summed E-state index contributed by atoms with van der Waals surface area (Å²) < 4.78 is 15.6. The molecule has 0 radical (unpaired) electrons. The Morgan fingerprint density at radius 1 is 0.966 bits per heavy atom. The topological polar surface area (TPSA) is 111 Å². The van der Waals surface area contributed by atoms with Gasteiger partial charge in [-0.25, -0.2) is 9.78 Å². The van der Waals surface area contributed by atoms with Crippen molar-refractivity contribution in [3.8, 4) is 17.4 Å². The number of pyridine rings is 1. The van der Waals surface area contributed by atoms with Crippen molar-refractivity contribution < 1.29 is 23.8 Å². The van der Waals surface area contributed by atoms with Gasteiger partial charge in [-0.05, 0) is 19.9 Å². The van der Waals surface area contributed by atoms with E-state index < -0.39 is 6.03 Å². The molecule has 0 spiro atoms. The molecule has 156 valence electrons. The van der Waals surface area contributed by atoms with Crippen molar-refractivity contribution in [1.82, 2.24) is 10.3 Å². The number of Topliss-reactive ketones (excluding diaryl/α,β-unsaturated/α-hetero) is 1. The number of aromatic nitrogens is 1. The third-order valence-corrected chi connectivity index (χ3v) is 4.09. The molecule has 1 heterocycles. The largest absolute Gasteiger partial charge is 0.497 e. The lowest BCUT2D eigenvalue weighted by atomic mass is 10.1. The zero-order valence-electron chi connectivity index (χ0n) is 17.2. The number of hydrogen-bond donors (Lipinski definition) is 3. The van der Waals surface area contributed by atoms with E-state index in [1.807, 2.05) is 12.1 Å². The maximum atomic E-state index is 12.2. The van der Waals surface area contributed by atoms with E-state index in [1.54, 1.807) is 33.3 Å². The Labute approximate surface area is 169 Å². The van der Waals surface area contributed by atoms with Gasteiger partial charge in [0.25, 0.3) is 0 Å². The Morgan fingerprint density at radius 3 is 2.17 bits per heavy atom. The predicted octanol–water partition coefficient (Wildman–Crippen LogP) is 2.85. The first-order chi connectivity index (χ1) is 13.9. The van der Waals surface area contributed by atoms with Crippen molar-refractivity contribution in [3.63, 3.8) is 0 Å². The number of aryl methyl sites for hydroxylation is 1. The number of benzene rings is 1. The van der Waals surface area contributed by atoms with Crippen molar-refractivity contribution in [1.29, 1.82) is 0 Å². The van der Waals surface area contributed by atoms with Crippen LogP contribution >= 0.6 is 0 Å². The molecule has 0 fully saturated rings. The first kappa shape index (κ1) is 21.8. The summed E-state index contributed by atoms with van der Waals surface area (Å²) in [6.45, 7) is 3.99. The van der Waals surface area contributed by atoms with Crippen LogP contribution < -0.4 is 30.2 Å². The zero-order valence-corrected chi connectivity index (χ0v) is 17.2. The number of nitrogens with one attached hydrogen (secondary N) is 3. The molecule has 9 heteroatoms. The van der Waals surface area contributed by atoms with Crippen LogP contribution in [0.1, 0.15) is 23.0 Å². The number of methoxy groups -OCH3 is 3. The quantitative estimate of drug-likeness (QED) is 0.437. The molecule has 0 bridgehead atoms. The molecule has 0 aliphatic carbocycles. The number of anilines is 2. The average molecular weight is 402 g/mol. The molecule has 2 amide bonds. The standard InChI is InChI=1S/C20H26N4O5/c1-12-17(13(2)25)11-18(19(23-12)29-5)24-20(26)22-7-6-21-14-8-15(27-3)10-16(9-14)28-4/h8-11,21H,6-7H2,1-5H3,(H2,22,24,26). The highest BCUT2D eigenvalue weighted by Crippen LogP contribution is 2.26. The number of ether oxygens (including phenoxy) is 3.